The van der Waals surface area contributed by atoms with Crippen molar-refractivity contribution >= 4 is 32.6 Å². The van der Waals surface area contributed by atoms with Crippen LogP contribution in [0.15, 0.2) is 54.6 Å². The predicted molar refractivity (Wildman–Crippen MR) is 96.5 cm³/mol. The summed E-state index contributed by atoms with van der Waals surface area (Å²) in [5, 5.41) is 5.45. The van der Waals surface area contributed by atoms with Crippen LogP contribution in [0.2, 0.25) is 0 Å². The van der Waals surface area contributed by atoms with Crippen molar-refractivity contribution in [1.29, 1.82) is 0 Å². The molecule has 0 bridgehead atoms. The van der Waals surface area contributed by atoms with Crippen LogP contribution in [0.25, 0.3) is 32.6 Å². The Bertz CT molecular complexity index is 946. The van der Waals surface area contributed by atoms with Crippen LogP contribution in [0.4, 0.5) is 0 Å². The molecule has 0 unspecified atom stereocenters. The van der Waals surface area contributed by atoms with Crippen molar-refractivity contribution < 1.29 is 0 Å². The van der Waals surface area contributed by atoms with Gasteiger partial charge in [-0.05, 0) is 35.9 Å². The number of aryl methyl sites for hydroxylation is 1. The van der Waals surface area contributed by atoms with Gasteiger partial charge in [-0.15, -0.1) is 0 Å². The Morgan fingerprint density at radius 1 is 0.773 bits per heavy atom. The Kier molecular flexibility index (Phi) is 3.34. The Hall–Kier alpha value is -2.28. The van der Waals surface area contributed by atoms with E-state index in [1.54, 1.807) is 0 Å². The quantitative estimate of drug-likeness (QED) is 0.430. The number of para-hydroxylation sites is 1. The number of aromatic nitrogens is 1. The summed E-state index contributed by atoms with van der Waals surface area (Å²) in [6.45, 7) is 2.26. The van der Waals surface area contributed by atoms with Crippen LogP contribution in [0, 0.1) is 0 Å². The van der Waals surface area contributed by atoms with E-state index in [1.165, 1.54) is 63.8 Å². The van der Waals surface area contributed by atoms with Crippen LogP contribution in [0.5, 0.6) is 0 Å². The minimum Gasteiger partial charge on any atom is -0.354 e. The molecule has 0 saturated carbocycles. The minimum absolute atomic E-state index is 1.17. The molecule has 0 spiro atoms. The maximum absolute atomic E-state index is 3.62. The molecule has 1 heterocycles. The van der Waals surface area contributed by atoms with E-state index in [-0.39, 0.29) is 0 Å². The van der Waals surface area contributed by atoms with Gasteiger partial charge in [0.1, 0.15) is 0 Å². The Labute approximate surface area is 131 Å². The van der Waals surface area contributed by atoms with E-state index >= 15 is 0 Å². The summed E-state index contributed by atoms with van der Waals surface area (Å²) < 4.78 is 0. The van der Waals surface area contributed by atoms with Crippen LogP contribution in [-0.2, 0) is 6.42 Å². The second kappa shape index (κ2) is 5.49. The first-order valence-electron chi connectivity index (χ1n) is 8.29. The highest BCUT2D eigenvalue weighted by Crippen LogP contribution is 2.34. The summed E-state index contributed by atoms with van der Waals surface area (Å²) in [4.78, 5) is 3.62. The number of H-pyrrole nitrogens is 1. The Morgan fingerprint density at radius 2 is 1.50 bits per heavy atom. The van der Waals surface area contributed by atoms with Crippen molar-refractivity contribution in [3.8, 4) is 0 Å². The van der Waals surface area contributed by atoms with E-state index < -0.39 is 0 Å². The monoisotopic (exact) mass is 287 g/mol. The maximum Gasteiger partial charge on any atom is 0.0544 e. The summed E-state index contributed by atoms with van der Waals surface area (Å²) in [6.07, 6.45) is 5.02. The molecule has 0 aliphatic rings. The lowest BCUT2D eigenvalue weighted by Gasteiger charge is -2.08. The van der Waals surface area contributed by atoms with Crippen molar-refractivity contribution in [3.63, 3.8) is 0 Å². The molecule has 0 aliphatic heterocycles. The number of hydrogen-bond acceptors (Lipinski definition) is 0. The molecule has 3 aromatic carbocycles. The van der Waals surface area contributed by atoms with E-state index in [4.69, 9.17) is 0 Å². The summed E-state index contributed by atoms with van der Waals surface area (Å²) in [5.41, 5.74) is 3.99. The SMILES string of the molecule is CCCCCc1cc2c3ccccc3[nH]c2c2ccccc12. The van der Waals surface area contributed by atoms with Gasteiger partial charge in [-0.2, -0.15) is 0 Å². The molecule has 1 nitrogen and oxygen atoms in total. The molecule has 0 fully saturated rings. The molecule has 4 aromatic rings. The molecular weight excluding hydrogens is 266 g/mol. The van der Waals surface area contributed by atoms with Crippen LogP contribution in [-0.4, -0.2) is 4.98 Å². The smallest absolute Gasteiger partial charge is 0.0544 e. The zero-order valence-electron chi connectivity index (χ0n) is 13.0. The molecule has 0 aliphatic carbocycles. The van der Waals surface area contributed by atoms with Gasteiger partial charge in [-0.1, -0.05) is 62.2 Å². The van der Waals surface area contributed by atoms with Gasteiger partial charge >= 0.3 is 0 Å². The van der Waals surface area contributed by atoms with Crippen molar-refractivity contribution in [2.24, 2.45) is 0 Å². The molecule has 1 N–H and O–H groups in total. The third-order valence-electron chi connectivity index (χ3n) is 4.66. The molecular formula is C21H21N. The molecule has 4 rings (SSSR count). The van der Waals surface area contributed by atoms with Crippen LogP contribution >= 0.6 is 0 Å². The van der Waals surface area contributed by atoms with Gasteiger partial charge in [0.05, 0.1) is 5.52 Å². The zero-order valence-corrected chi connectivity index (χ0v) is 13.0. The number of hydrogen-bond donors (Lipinski definition) is 1. The van der Waals surface area contributed by atoms with Crippen LogP contribution < -0.4 is 0 Å². The summed E-state index contributed by atoms with van der Waals surface area (Å²) in [5.74, 6) is 0. The van der Waals surface area contributed by atoms with Gasteiger partial charge in [0.15, 0.2) is 0 Å². The average Bonchev–Trinajstić information content (AvgIpc) is 2.94. The molecule has 110 valence electrons. The summed E-state index contributed by atoms with van der Waals surface area (Å²) in [7, 11) is 0. The normalized spacial score (nSPS) is 11.7. The first-order valence-corrected chi connectivity index (χ1v) is 8.29. The third-order valence-corrected chi connectivity index (χ3v) is 4.66. The maximum atomic E-state index is 3.62. The number of nitrogens with one attached hydrogen (secondary N) is 1. The number of fused-ring (bicyclic) bond motifs is 5. The van der Waals surface area contributed by atoms with Crippen LogP contribution in [0.3, 0.4) is 0 Å². The minimum atomic E-state index is 1.17. The lowest BCUT2D eigenvalue weighted by Crippen LogP contribution is -1.89. The highest BCUT2D eigenvalue weighted by molar-refractivity contribution is 6.17. The second-order valence-electron chi connectivity index (χ2n) is 6.13. The van der Waals surface area contributed by atoms with Gasteiger partial charge in [-0.25, -0.2) is 0 Å². The zero-order chi connectivity index (χ0) is 14.9. The standard InChI is InChI=1S/C21H21N/c1-2-3-4-9-15-14-19-17-11-7-8-13-20(17)22-21(19)18-12-6-5-10-16(15)18/h5-8,10-14,22H,2-4,9H2,1H3. The molecule has 0 atom stereocenters. The number of rotatable bonds is 4. The largest absolute Gasteiger partial charge is 0.354 e. The Balaban J connectivity index is 2.02. The van der Waals surface area contributed by atoms with E-state index in [1.807, 2.05) is 0 Å². The molecule has 0 radical (unpaired) electrons. The fourth-order valence-electron chi connectivity index (χ4n) is 3.53. The van der Waals surface area contributed by atoms with Gasteiger partial charge in [0.2, 0.25) is 0 Å². The number of unbranched alkanes of at least 4 members (excludes halogenated alkanes) is 2. The number of aromatic amines is 1. The van der Waals surface area contributed by atoms with Crippen LogP contribution in [0.1, 0.15) is 31.7 Å². The molecule has 22 heavy (non-hydrogen) atoms. The first kappa shape index (κ1) is 13.4. The third kappa shape index (κ3) is 2.09. The van der Waals surface area contributed by atoms with Crippen molar-refractivity contribution in [2.45, 2.75) is 32.6 Å². The highest BCUT2D eigenvalue weighted by atomic mass is 14.7. The Morgan fingerprint density at radius 3 is 2.32 bits per heavy atom. The number of benzene rings is 3. The molecule has 0 amide bonds. The van der Waals surface area contributed by atoms with Gasteiger partial charge < -0.3 is 4.98 Å². The lowest BCUT2D eigenvalue weighted by molar-refractivity contribution is 0.720. The van der Waals surface area contributed by atoms with Crippen molar-refractivity contribution in [1.82, 2.24) is 4.98 Å². The average molecular weight is 287 g/mol. The molecule has 1 heteroatoms. The summed E-state index contributed by atoms with van der Waals surface area (Å²) >= 11 is 0. The van der Waals surface area contributed by atoms with Crippen molar-refractivity contribution in [2.75, 3.05) is 0 Å². The molecule has 0 saturated heterocycles. The topological polar surface area (TPSA) is 15.8 Å². The predicted octanol–water partition coefficient (Wildman–Crippen LogP) is 6.21. The van der Waals surface area contributed by atoms with Crippen molar-refractivity contribution in [3.05, 3.63) is 60.2 Å². The van der Waals surface area contributed by atoms with E-state index in [9.17, 15) is 0 Å². The fraction of sp³-hybridized carbons (Fsp3) is 0.238. The van der Waals surface area contributed by atoms with Gasteiger partial charge in [-0.3, -0.25) is 0 Å². The fourth-order valence-corrected chi connectivity index (χ4v) is 3.53. The lowest BCUT2D eigenvalue weighted by atomic mass is 9.96. The highest BCUT2D eigenvalue weighted by Gasteiger charge is 2.10. The second-order valence-corrected chi connectivity index (χ2v) is 6.13. The van der Waals surface area contributed by atoms with E-state index in [0.29, 0.717) is 0 Å². The van der Waals surface area contributed by atoms with E-state index in [0.717, 1.165) is 0 Å². The first-order chi connectivity index (χ1) is 10.9. The van der Waals surface area contributed by atoms with E-state index in [2.05, 4.69) is 66.5 Å². The summed E-state index contributed by atoms with van der Waals surface area (Å²) in [6, 6.07) is 19.8. The van der Waals surface area contributed by atoms with Gasteiger partial charge in [0.25, 0.3) is 0 Å². The molecule has 1 aromatic heterocycles. The van der Waals surface area contributed by atoms with Gasteiger partial charge in [0, 0.05) is 21.7 Å².